The van der Waals surface area contributed by atoms with E-state index in [9.17, 15) is 18.5 Å². The highest BCUT2D eigenvalue weighted by molar-refractivity contribution is 7.89. The molecular formula is C19H25N5O5S. The van der Waals surface area contributed by atoms with Crippen molar-refractivity contribution in [2.45, 2.75) is 39.0 Å². The van der Waals surface area contributed by atoms with Gasteiger partial charge in [-0.05, 0) is 40.7 Å². The van der Waals surface area contributed by atoms with Gasteiger partial charge in [0.1, 0.15) is 28.0 Å². The summed E-state index contributed by atoms with van der Waals surface area (Å²) in [6.45, 7) is 8.31. The molecule has 1 saturated heterocycles. The van der Waals surface area contributed by atoms with E-state index in [0.717, 1.165) is 0 Å². The highest BCUT2D eigenvalue weighted by Crippen LogP contribution is 2.26. The fourth-order valence-corrected chi connectivity index (χ4v) is 5.30. The molecule has 1 aliphatic rings. The lowest BCUT2D eigenvalue weighted by molar-refractivity contribution is -0.117. The first-order chi connectivity index (χ1) is 14.1. The molecule has 0 spiro atoms. The summed E-state index contributed by atoms with van der Waals surface area (Å²) < 4.78 is 37.9. The summed E-state index contributed by atoms with van der Waals surface area (Å²) in [7, 11) is -3.72. The van der Waals surface area contributed by atoms with Crippen molar-refractivity contribution in [3.63, 3.8) is 0 Å². The van der Waals surface area contributed by atoms with Crippen LogP contribution >= 0.6 is 0 Å². The van der Waals surface area contributed by atoms with Crippen molar-refractivity contribution in [2.24, 2.45) is 0 Å². The molecule has 30 heavy (non-hydrogen) atoms. The molecule has 0 atom stereocenters. The van der Waals surface area contributed by atoms with Crippen molar-refractivity contribution < 1.29 is 22.2 Å². The lowest BCUT2D eigenvalue weighted by atomic mass is 10.2. The Bertz CT molecular complexity index is 1080. The van der Waals surface area contributed by atoms with Crippen molar-refractivity contribution >= 4 is 21.8 Å². The number of sulfonamides is 1. The van der Waals surface area contributed by atoms with E-state index in [1.807, 2.05) is 11.0 Å². The summed E-state index contributed by atoms with van der Waals surface area (Å²) in [5.41, 5.74) is 1.35. The number of aryl methyl sites for hydroxylation is 3. The SMILES string of the molecule is Cc1noc(C)c1S(=O)(=O)N1CCCN(CC(=O)Nc2oc(C)c(C)c2C#N)CC1. The molecule has 2 aromatic heterocycles. The van der Waals surface area contributed by atoms with Gasteiger partial charge in [0.25, 0.3) is 0 Å². The Morgan fingerprint density at radius 3 is 2.53 bits per heavy atom. The Balaban J connectivity index is 1.64. The molecule has 0 radical (unpaired) electrons. The standard InChI is InChI=1S/C19H25N5O5S/c1-12-14(3)28-19(16(12)10-20)21-17(25)11-23-6-5-7-24(9-8-23)30(26,27)18-13(2)22-29-15(18)4/h5-9,11H2,1-4H3,(H,21,25). The van der Waals surface area contributed by atoms with Gasteiger partial charge in [0.2, 0.25) is 21.8 Å². The fraction of sp³-hybridized carbons (Fsp3) is 0.526. The van der Waals surface area contributed by atoms with E-state index in [0.29, 0.717) is 48.6 Å². The Morgan fingerprint density at radius 1 is 1.17 bits per heavy atom. The highest BCUT2D eigenvalue weighted by Gasteiger charge is 2.32. The van der Waals surface area contributed by atoms with E-state index in [-0.39, 0.29) is 35.5 Å². The maximum absolute atomic E-state index is 13.0. The Hall–Kier alpha value is -2.68. The number of nitriles is 1. The maximum atomic E-state index is 13.0. The molecule has 3 heterocycles. The molecule has 1 N–H and O–H groups in total. The average molecular weight is 436 g/mol. The number of hydrogen-bond donors (Lipinski definition) is 1. The van der Waals surface area contributed by atoms with E-state index in [1.165, 1.54) is 4.31 Å². The van der Waals surface area contributed by atoms with Crippen LogP contribution in [0.25, 0.3) is 0 Å². The minimum atomic E-state index is -3.72. The number of aromatic nitrogens is 1. The molecular weight excluding hydrogens is 410 g/mol. The van der Waals surface area contributed by atoms with Gasteiger partial charge in [0, 0.05) is 25.2 Å². The molecule has 162 valence electrons. The van der Waals surface area contributed by atoms with E-state index < -0.39 is 10.0 Å². The normalized spacial score (nSPS) is 16.2. The highest BCUT2D eigenvalue weighted by atomic mass is 32.2. The summed E-state index contributed by atoms with van der Waals surface area (Å²) in [6, 6.07) is 2.04. The molecule has 0 aliphatic carbocycles. The number of nitrogens with zero attached hydrogens (tertiary/aromatic N) is 4. The Labute approximate surface area is 175 Å². The zero-order valence-electron chi connectivity index (χ0n) is 17.5. The monoisotopic (exact) mass is 435 g/mol. The summed E-state index contributed by atoms with van der Waals surface area (Å²) in [5.74, 6) is 0.680. The first kappa shape index (κ1) is 22.0. The minimum absolute atomic E-state index is 0.0723. The van der Waals surface area contributed by atoms with Gasteiger partial charge in [-0.15, -0.1) is 0 Å². The molecule has 10 nitrogen and oxygen atoms in total. The van der Waals surface area contributed by atoms with Gasteiger partial charge in [-0.2, -0.15) is 9.57 Å². The van der Waals surface area contributed by atoms with Crippen LogP contribution in [0.3, 0.4) is 0 Å². The van der Waals surface area contributed by atoms with Crippen molar-refractivity contribution in [1.82, 2.24) is 14.4 Å². The zero-order valence-corrected chi connectivity index (χ0v) is 18.3. The van der Waals surface area contributed by atoms with Crippen LogP contribution in [0.5, 0.6) is 0 Å². The lowest BCUT2D eigenvalue weighted by Crippen LogP contribution is -2.38. The average Bonchev–Trinajstić information content (AvgIpc) is 3.03. The van der Waals surface area contributed by atoms with E-state index in [2.05, 4.69) is 10.5 Å². The molecule has 0 unspecified atom stereocenters. The van der Waals surface area contributed by atoms with E-state index in [1.54, 1.807) is 27.7 Å². The fourth-order valence-electron chi connectivity index (χ4n) is 3.54. The molecule has 11 heteroatoms. The second-order valence-corrected chi connectivity index (χ2v) is 9.21. The van der Waals surface area contributed by atoms with Crippen LogP contribution in [-0.4, -0.2) is 61.4 Å². The van der Waals surface area contributed by atoms with Crippen LogP contribution in [0.4, 0.5) is 5.88 Å². The number of furan rings is 1. The van der Waals surface area contributed by atoms with Crippen molar-refractivity contribution in [1.29, 1.82) is 5.26 Å². The summed E-state index contributed by atoms with van der Waals surface area (Å²) in [5, 5.41) is 15.6. The third-order valence-corrected chi connectivity index (χ3v) is 7.37. The van der Waals surface area contributed by atoms with Gasteiger partial charge in [-0.1, -0.05) is 5.16 Å². The molecule has 1 amide bonds. The van der Waals surface area contributed by atoms with Crippen LogP contribution in [0, 0.1) is 39.0 Å². The lowest BCUT2D eigenvalue weighted by Gasteiger charge is -2.21. The van der Waals surface area contributed by atoms with Crippen molar-refractivity contribution in [2.75, 3.05) is 38.0 Å². The van der Waals surface area contributed by atoms with Gasteiger partial charge >= 0.3 is 0 Å². The molecule has 0 aromatic carbocycles. The number of anilines is 1. The molecule has 0 bridgehead atoms. The molecule has 1 fully saturated rings. The third kappa shape index (κ3) is 4.26. The number of amides is 1. The van der Waals surface area contributed by atoms with Crippen LogP contribution in [0.2, 0.25) is 0 Å². The molecule has 2 aromatic rings. The topological polar surface area (TPSA) is 133 Å². The Morgan fingerprint density at radius 2 is 1.90 bits per heavy atom. The smallest absolute Gasteiger partial charge is 0.248 e. The zero-order chi connectivity index (χ0) is 22.1. The number of nitrogens with one attached hydrogen (secondary N) is 1. The van der Waals surface area contributed by atoms with Gasteiger partial charge < -0.3 is 8.94 Å². The summed E-state index contributed by atoms with van der Waals surface area (Å²) in [6.07, 6.45) is 0.582. The predicted octanol–water partition coefficient (Wildman–Crippen LogP) is 1.71. The van der Waals surface area contributed by atoms with Gasteiger partial charge in [0.05, 0.1) is 6.54 Å². The van der Waals surface area contributed by atoms with Crippen molar-refractivity contribution in [3.05, 3.63) is 28.3 Å². The largest absolute Gasteiger partial charge is 0.444 e. The first-order valence-corrected chi connectivity index (χ1v) is 11.0. The van der Waals surface area contributed by atoms with E-state index >= 15 is 0 Å². The second kappa shape index (κ2) is 8.59. The number of rotatable bonds is 5. The number of hydrogen-bond acceptors (Lipinski definition) is 8. The van der Waals surface area contributed by atoms with E-state index in [4.69, 9.17) is 8.94 Å². The van der Waals surface area contributed by atoms with Crippen LogP contribution < -0.4 is 5.32 Å². The van der Waals surface area contributed by atoms with Crippen LogP contribution in [0.15, 0.2) is 13.8 Å². The number of carbonyl (C=O) groups excluding carboxylic acids is 1. The predicted molar refractivity (Wildman–Crippen MR) is 107 cm³/mol. The van der Waals surface area contributed by atoms with Gasteiger partial charge in [-0.3, -0.25) is 15.0 Å². The van der Waals surface area contributed by atoms with Crippen LogP contribution in [0.1, 0.15) is 34.8 Å². The minimum Gasteiger partial charge on any atom is -0.444 e. The number of carbonyl (C=O) groups is 1. The summed E-state index contributed by atoms with van der Waals surface area (Å²) >= 11 is 0. The van der Waals surface area contributed by atoms with Gasteiger partial charge in [0.15, 0.2) is 5.76 Å². The second-order valence-electron chi connectivity index (χ2n) is 7.33. The Kier molecular flexibility index (Phi) is 6.30. The molecule has 1 aliphatic heterocycles. The quantitative estimate of drug-likeness (QED) is 0.750. The maximum Gasteiger partial charge on any atom is 0.248 e. The third-order valence-electron chi connectivity index (χ3n) is 5.23. The first-order valence-electron chi connectivity index (χ1n) is 9.60. The van der Waals surface area contributed by atoms with Crippen molar-refractivity contribution in [3.8, 4) is 6.07 Å². The molecule has 3 rings (SSSR count). The summed E-state index contributed by atoms with van der Waals surface area (Å²) in [4.78, 5) is 14.5. The van der Waals surface area contributed by atoms with Crippen LogP contribution in [-0.2, 0) is 14.8 Å². The molecule has 0 saturated carbocycles. The van der Waals surface area contributed by atoms with Gasteiger partial charge in [-0.25, -0.2) is 8.42 Å².